The summed E-state index contributed by atoms with van der Waals surface area (Å²) >= 11 is 5.71. The molecular formula is C20H26N4OS. The van der Waals surface area contributed by atoms with E-state index < -0.39 is 0 Å². The Hall–Kier alpha value is -1.92. The number of nitrogens with zero attached hydrogens (tertiary/aromatic N) is 3. The maximum atomic E-state index is 5.88. The third kappa shape index (κ3) is 3.35. The van der Waals surface area contributed by atoms with Crippen LogP contribution in [0.4, 0.5) is 0 Å². The van der Waals surface area contributed by atoms with Gasteiger partial charge in [0.2, 0.25) is 0 Å². The summed E-state index contributed by atoms with van der Waals surface area (Å²) in [6.45, 7) is 6.08. The van der Waals surface area contributed by atoms with E-state index in [-0.39, 0.29) is 18.2 Å². The molecule has 5 nitrogen and oxygen atoms in total. The molecule has 4 heterocycles. The van der Waals surface area contributed by atoms with Crippen LogP contribution in [-0.4, -0.2) is 38.8 Å². The summed E-state index contributed by atoms with van der Waals surface area (Å²) in [4.78, 5) is 6.89. The van der Waals surface area contributed by atoms with Crippen LogP contribution in [0.3, 0.4) is 0 Å². The summed E-state index contributed by atoms with van der Waals surface area (Å²) in [5.74, 6) is 0. The van der Waals surface area contributed by atoms with E-state index >= 15 is 0 Å². The highest BCUT2D eigenvalue weighted by atomic mass is 32.1. The number of hydrogen-bond acceptors (Lipinski definition) is 3. The molecule has 2 aromatic rings. The van der Waals surface area contributed by atoms with Crippen molar-refractivity contribution in [3.8, 4) is 0 Å². The van der Waals surface area contributed by atoms with E-state index in [1.165, 1.54) is 5.56 Å². The molecule has 0 unspecified atom stereocenters. The van der Waals surface area contributed by atoms with Crippen LogP contribution in [0.1, 0.15) is 56.1 Å². The summed E-state index contributed by atoms with van der Waals surface area (Å²) in [5, 5.41) is 4.30. The first-order valence-electron chi connectivity index (χ1n) is 9.40. The molecule has 0 aliphatic carbocycles. The number of ether oxygens (including phenoxy) is 1. The lowest BCUT2D eigenvalue weighted by Crippen LogP contribution is -2.36. The first-order valence-corrected chi connectivity index (χ1v) is 9.81. The van der Waals surface area contributed by atoms with Crippen LogP contribution < -0.4 is 5.32 Å². The Morgan fingerprint density at radius 2 is 2.23 bits per heavy atom. The molecule has 3 atom stereocenters. The van der Waals surface area contributed by atoms with E-state index in [0.29, 0.717) is 6.04 Å². The van der Waals surface area contributed by atoms with Crippen LogP contribution in [0.25, 0.3) is 0 Å². The third-order valence-electron chi connectivity index (χ3n) is 5.30. The maximum Gasteiger partial charge on any atom is 0.170 e. The van der Waals surface area contributed by atoms with Crippen LogP contribution in [0.5, 0.6) is 0 Å². The number of pyridine rings is 1. The van der Waals surface area contributed by atoms with Gasteiger partial charge in [-0.15, -0.1) is 0 Å². The highest BCUT2D eigenvalue weighted by Crippen LogP contribution is 2.39. The highest BCUT2D eigenvalue weighted by Gasteiger charge is 2.41. The van der Waals surface area contributed by atoms with E-state index in [1.54, 1.807) is 0 Å². The van der Waals surface area contributed by atoms with E-state index in [1.807, 2.05) is 18.3 Å². The molecule has 2 saturated heterocycles. The van der Waals surface area contributed by atoms with Crippen LogP contribution in [0, 0.1) is 0 Å². The van der Waals surface area contributed by atoms with Gasteiger partial charge in [0.1, 0.15) is 0 Å². The summed E-state index contributed by atoms with van der Waals surface area (Å²) in [6, 6.07) is 8.87. The molecule has 2 aliphatic rings. The average molecular weight is 371 g/mol. The topological polar surface area (TPSA) is 42.3 Å². The zero-order valence-electron chi connectivity index (χ0n) is 15.3. The zero-order valence-corrected chi connectivity index (χ0v) is 16.2. The molecule has 6 heteroatoms. The van der Waals surface area contributed by atoms with E-state index in [9.17, 15) is 0 Å². The smallest absolute Gasteiger partial charge is 0.170 e. The summed E-state index contributed by atoms with van der Waals surface area (Å²) in [5.41, 5.74) is 2.28. The highest BCUT2D eigenvalue weighted by molar-refractivity contribution is 7.80. The second-order valence-electron chi connectivity index (χ2n) is 7.40. The van der Waals surface area contributed by atoms with Crippen molar-refractivity contribution in [3.63, 3.8) is 0 Å². The van der Waals surface area contributed by atoms with Gasteiger partial charge in [0.25, 0.3) is 0 Å². The average Bonchev–Trinajstić information content (AvgIpc) is 3.37. The Morgan fingerprint density at radius 1 is 1.35 bits per heavy atom. The molecule has 26 heavy (non-hydrogen) atoms. The molecule has 138 valence electrons. The Kier molecular flexibility index (Phi) is 4.96. The fraction of sp³-hybridized carbons (Fsp3) is 0.500. The van der Waals surface area contributed by atoms with Crippen molar-refractivity contribution < 1.29 is 4.74 Å². The minimum Gasteiger partial charge on any atom is -0.376 e. The molecule has 1 N–H and O–H groups in total. The normalized spacial score (nSPS) is 25.9. The van der Waals surface area contributed by atoms with Gasteiger partial charge in [0, 0.05) is 37.8 Å². The predicted octanol–water partition coefficient (Wildman–Crippen LogP) is 3.62. The standard InChI is InChI=1S/C20H26N4OS/c1-14(2)23-10-8-15(12-23)19-18(17-7-3-4-9-21-17)22-20(26)24(19)13-16-6-5-11-25-16/h3-4,7-10,12,14,16,18-19H,5-6,11,13H2,1-2H3,(H,22,26)/t16-,18+,19-/m1/s1. The summed E-state index contributed by atoms with van der Waals surface area (Å²) < 4.78 is 8.13. The van der Waals surface area contributed by atoms with E-state index in [4.69, 9.17) is 17.0 Å². The van der Waals surface area contributed by atoms with Crippen molar-refractivity contribution in [2.24, 2.45) is 0 Å². The van der Waals surface area contributed by atoms with Crippen molar-refractivity contribution >= 4 is 17.3 Å². The monoisotopic (exact) mass is 370 g/mol. The fourth-order valence-electron chi connectivity index (χ4n) is 3.90. The zero-order chi connectivity index (χ0) is 18.1. The minimum atomic E-state index is 0.0492. The van der Waals surface area contributed by atoms with Gasteiger partial charge in [-0.3, -0.25) is 4.98 Å². The molecule has 0 amide bonds. The van der Waals surface area contributed by atoms with Crippen LogP contribution in [-0.2, 0) is 4.74 Å². The molecule has 2 aromatic heterocycles. The first-order chi connectivity index (χ1) is 12.6. The quantitative estimate of drug-likeness (QED) is 0.815. The summed E-state index contributed by atoms with van der Waals surface area (Å²) in [7, 11) is 0. The molecule has 0 spiro atoms. The Labute approximate surface area is 160 Å². The largest absolute Gasteiger partial charge is 0.376 e. The van der Waals surface area contributed by atoms with Gasteiger partial charge in [-0.05, 0) is 62.7 Å². The fourth-order valence-corrected chi connectivity index (χ4v) is 4.21. The van der Waals surface area contributed by atoms with Crippen molar-refractivity contribution in [1.82, 2.24) is 19.8 Å². The second-order valence-corrected chi connectivity index (χ2v) is 7.79. The van der Waals surface area contributed by atoms with Gasteiger partial charge >= 0.3 is 0 Å². The first kappa shape index (κ1) is 17.5. The van der Waals surface area contributed by atoms with Crippen molar-refractivity contribution in [3.05, 3.63) is 54.1 Å². The molecular weight excluding hydrogens is 344 g/mol. The van der Waals surface area contributed by atoms with Crippen LogP contribution >= 0.6 is 12.2 Å². The maximum absolute atomic E-state index is 5.88. The lowest BCUT2D eigenvalue weighted by Gasteiger charge is -2.29. The number of thiocarbonyl (C=S) groups is 1. The SMILES string of the molecule is CC(C)n1ccc([C@@H]2[C@H](c3ccccn3)NC(=S)N2C[C@H]2CCCO2)c1. The van der Waals surface area contributed by atoms with E-state index in [0.717, 1.165) is 36.8 Å². The van der Waals surface area contributed by atoms with Gasteiger partial charge in [0.15, 0.2) is 5.11 Å². The van der Waals surface area contributed by atoms with Gasteiger partial charge in [0.05, 0.1) is 23.9 Å². The number of hydrogen-bond donors (Lipinski definition) is 1. The van der Waals surface area contributed by atoms with Gasteiger partial charge < -0.3 is 19.5 Å². The second kappa shape index (κ2) is 7.37. The number of aromatic nitrogens is 2. The van der Waals surface area contributed by atoms with Crippen molar-refractivity contribution in [1.29, 1.82) is 0 Å². The third-order valence-corrected chi connectivity index (χ3v) is 5.65. The number of nitrogens with one attached hydrogen (secondary N) is 1. The molecule has 0 saturated carbocycles. The summed E-state index contributed by atoms with van der Waals surface area (Å²) in [6.07, 6.45) is 8.74. The number of rotatable bonds is 5. The van der Waals surface area contributed by atoms with Crippen molar-refractivity contribution in [2.75, 3.05) is 13.2 Å². The molecule has 2 fully saturated rings. The van der Waals surface area contributed by atoms with Gasteiger partial charge in [-0.1, -0.05) is 6.07 Å². The molecule has 0 radical (unpaired) electrons. The molecule has 0 aromatic carbocycles. The Morgan fingerprint density at radius 3 is 2.88 bits per heavy atom. The molecule has 0 bridgehead atoms. The van der Waals surface area contributed by atoms with Gasteiger partial charge in [-0.2, -0.15) is 0 Å². The van der Waals surface area contributed by atoms with Gasteiger partial charge in [-0.25, -0.2) is 0 Å². The van der Waals surface area contributed by atoms with E-state index in [2.05, 4.69) is 58.1 Å². The molecule has 4 rings (SSSR count). The van der Waals surface area contributed by atoms with Crippen molar-refractivity contribution in [2.45, 2.75) is 50.9 Å². The predicted molar refractivity (Wildman–Crippen MR) is 106 cm³/mol. The Bertz CT molecular complexity index is 754. The lowest BCUT2D eigenvalue weighted by molar-refractivity contribution is 0.0842. The lowest BCUT2D eigenvalue weighted by atomic mass is 9.99. The van der Waals surface area contributed by atoms with Crippen LogP contribution in [0.2, 0.25) is 0 Å². The minimum absolute atomic E-state index is 0.0492. The Balaban J connectivity index is 1.68. The van der Waals surface area contributed by atoms with Crippen LogP contribution in [0.15, 0.2) is 42.9 Å². The molecule has 2 aliphatic heterocycles.